The zero-order valence-electron chi connectivity index (χ0n) is 10.5. The van der Waals surface area contributed by atoms with Crippen LogP contribution in [0.5, 0.6) is 5.75 Å². The number of carbonyl (C=O) groups excluding carboxylic acids is 1. The maximum absolute atomic E-state index is 13.1. The van der Waals surface area contributed by atoms with E-state index in [4.69, 9.17) is 16.3 Å². The van der Waals surface area contributed by atoms with Crippen molar-refractivity contribution >= 4 is 35.8 Å². The highest BCUT2D eigenvalue weighted by Crippen LogP contribution is 2.27. The van der Waals surface area contributed by atoms with Crippen molar-refractivity contribution in [2.24, 2.45) is 0 Å². The number of hydrogen-bond acceptors (Lipinski definition) is 3. The first-order valence-electron chi connectivity index (χ1n) is 5.64. The fourth-order valence-electron chi connectivity index (χ4n) is 1.60. The molecule has 1 N–H and O–H groups in total. The largest absolute Gasteiger partial charge is 0.495 e. The second kappa shape index (κ2) is 6.15. The Labute approximate surface area is 126 Å². The monoisotopic (exact) mass is 311 g/mol. The third-order valence-corrected chi connectivity index (χ3v) is 3.26. The van der Waals surface area contributed by atoms with Crippen LogP contribution in [0.4, 0.5) is 10.1 Å². The number of benzene rings is 2. The van der Waals surface area contributed by atoms with E-state index in [0.29, 0.717) is 22.0 Å². The number of ether oxygens (including phenoxy) is 1. The quantitative estimate of drug-likeness (QED) is 0.840. The third kappa shape index (κ3) is 3.23. The van der Waals surface area contributed by atoms with Gasteiger partial charge in [0.2, 0.25) is 0 Å². The van der Waals surface area contributed by atoms with Gasteiger partial charge in [-0.2, -0.15) is 0 Å². The smallest absolute Gasteiger partial charge is 0.255 e. The van der Waals surface area contributed by atoms with Gasteiger partial charge in [-0.15, -0.1) is 12.6 Å². The Morgan fingerprint density at radius 1 is 1.30 bits per heavy atom. The number of rotatable bonds is 3. The second-order valence-electron chi connectivity index (χ2n) is 3.97. The van der Waals surface area contributed by atoms with Gasteiger partial charge < -0.3 is 10.1 Å². The van der Waals surface area contributed by atoms with Crippen LogP contribution in [0, 0.1) is 5.82 Å². The molecule has 2 aromatic carbocycles. The van der Waals surface area contributed by atoms with Gasteiger partial charge in [-0.3, -0.25) is 4.79 Å². The molecular formula is C14H11ClFNO2S. The molecule has 0 heterocycles. The van der Waals surface area contributed by atoms with Crippen molar-refractivity contribution in [3.05, 3.63) is 52.8 Å². The molecular weight excluding hydrogens is 301 g/mol. The Bertz CT molecular complexity index is 664. The molecule has 0 atom stereocenters. The molecule has 2 aromatic rings. The summed E-state index contributed by atoms with van der Waals surface area (Å²) in [6.45, 7) is 0. The molecule has 0 spiro atoms. The number of nitrogens with one attached hydrogen (secondary N) is 1. The van der Waals surface area contributed by atoms with Crippen molar-refractivity contribution in [2.75, 3.05) is 12.4 Å². The molecule has 20 heavy (non-hydrogen) atoms. The van der Waals surface area contributed by atoms with Crippen LogP contribution in [0.25, 0.3) is 0 Å². The molecule has 3 nitrogen and oxygen atoms in total. The zero-order valence-corrected chi connectivity index (χ0v) is 12.1. The molecule has 0 aliphatic rings. The number of amides is 1. The number of methoxy groups -OCH3 is 1. The second-order valence-corrected chi connectivity index (χ2v) is 4.86. The first-order chi connectivity index (χ1) is 9.51. The molecule has 0 unspecified atom stereocenters. The van der Waals surface area contributed by atoms with E-state index >= 15 is 0 Å². The number of halogens is 2. The topological polar surface area (TPSA) is 38.3 Å². The predicted octanol–water partition coefficient (Wildman–Crippen LogP) is 4.03. The van der Waals surface area contributed by atoms with Gasteiger partial charge >= 0.3 is 0 Å². The summed E-state index contributed by atoms with van der Waals surface area (Å²) in [4.78, 5) is 12.1. The normalized spacial score (nSPS) is 10.2. The molecule has 104 valence electrons. The van der Waals surface area contributed by atoms with E-state index in [2.05, 4.69) is 17.9 Å². The summed E-state index contributed by atoms with van der Waals surface area (Å²) in [6, 6.07) is 8.82. The van der Waals surface area contributed by atoms with Gasteiger partial charge in [0.1, 0.15) is 11.6 Å². The summed E-state index contributed by atoms with van der Waals surface area (Å²) in [5, 5.41) is 3.05. The van der Waals surface area contributed by atoms with Gasteiger partial charge in [0, 0.05) is 16.1 Å². The highest BCUT2D eigenvalue weighted by molar-refractivity contribution is 7.80. The first-order valence-corrected chi connectivity index (χ1v) is 6.47. The van der Waals surface area contributed by atoms with Crippen molar-refractivity contribution < 1.29 is 13.9 Å². The third-order valence-electron chi connectivity index (χ3n) is 2.62. The Balaban J connectivity index is 2.19. The van der Waals surface area contributed by atoms with E-state index in [9.17, 15) is 9.18 Å². The minimum atomic E-state index is -0.475. The minimum absolute atomic E-state index is 0.116. The summed E-state index contributed by atoms with van der Waals surface area (Å²) in [7, 11) is 1.51. The lowest BCUT2D eigenvalue weighted by molar-refractivity contribution is 0.102. The van der Waals surface area contributed by atoms with Crippen LogP contribution in [0.3, 0.4) is 0 Å². The van der Waals surface area contributed by atoms with E-state index in [1.165, 1.54) is 25.3 Å². The van der Waals surface area contributed by atoms with E-state index in [1.807, 2.05) is 0 Å². The summed E-state index contributed by atoms with van der Waals surface area (Å²) in [5.74, 6) is -0.331. The summed E-state index contributed by atoms with van der Waals surface area (Å²) >= 11 is 9.90. The van der Waals surface area contributed by atoms with Gasteiger partial charge in [-0.05, 0) is 36.4 Å². The lowest BCUT2D eigenvalue weighted by Gasteiger charge is -2.08. The van der Waals surface area contributed by atoms with Crippen LogP contribution in [-0.4, -0.2) is 13.0 Å². The molecule has 0 saturated carbocycles. The molecule has 0 radical (unpaired) electrons. The fraction of sp³-hybridized carbons (Fsp3) is 0.0714. The molecule has 0 bridgehead atoms. The Kier molecular flexibility index (Phi) is 4.52. The van der Waals surface area contributed by atoms with Crippen LogP contribution in [-0.2, 0) is 0 Å². The minimum Gasteiger partial charge on any atom is -0.495 e. The zero-order chi connectivity index (χ0) is 14.7. The van der Waals surface area contributed by atoms with Crippen molar-refractivity contribution in [3.63, 3.8) is 0 Å². The standard InChI is InChI=1S/C14H11ClFNO2S/c1-19-12-5-3-9(7-10(12)15)17-14(18)8-2-4-11(16)13(20)6-8/h2-7,20H,1H3,(H,17,18). The van der Waals surface area contributed by atoms with Crippen LogP contribution in [0.15, 0.2) is 41.3 Å². The highest BCUT2D eigenvalue weighted by atomic mass is 35.5. The Morgan fingerprint density at radius 3 is 2.65 bits per heavy atom. The Morgan fingerprint density at radius 2 is 2.05 bits per heavy atom. The lowest BCUT2D eigenvalue weighted by atomic mass is 10.2. The SMILES string of the molecule is COc1ccc(NC(=O)c2ccc(F)c(S)c2)cc1Cl. The molecule has 0 aliphatic carbocycles. The predicted molar refractivity (Wildman–Crippen MR) is 79.6 cm³/mol. The summed E-state index contributed by atoms with van der Waals surface area (Å²) in [5.41, 5.74) is 0.828. The molecule has 0 aromatic heterocycles. The first kappa shape index (κ1) is 14.7. The number of thiol groups is 1. The summed E-state index contributed by atoms with van der Waals surface area (Å²) < 4.78 is 18.1. The van der Waals surface area contributed by atoms with E-state index in [1.54, 1.807) is 18.2 Å². The molecule has 6 heteroatoms. The summed E-state index contributed by atoms with van der Waals surface area (Å²) in [6.07, 6.45) is 0. The van der Waals surface area contributed by atoms with Crippen LogP contribution >= 0.6 is 24.2 Å². The van der Waals surface area contributed by atoms with Crippen molar-refractivity contribution in [1.29, 1.82) is 0 Å². The van der Waals surface area contributed by atoms with E-state index < -0.39 is 5.82 Å². The van der Waals surface area contributed by atoms with Gasteiger partial charge in [-0.1, -0.05) is 11.6 Å². The van der Waals surface area contributed by atoms with E-state index in [0.717, 1.165) is 0 Å². The van der Waals surface area contributed by atoms with Crippen LogP contribution < -0.4 is 10.1 Å². The Hall–Kier alpha value is -1.72. The van der Waals surface area contributed by atoms with Crippen molar-refractivity contribution in [1.82, 2.24) is 0 Å². The van der Waals surface area contributed by atoms with Crippen LogP contribution in [0.2, 0.25) is 5.02 Å². The maximum Gasteiger partial charge on any atom is 0.255 e. The average Bonchev–Trinajstić information content (AvgIpc) is 2.42. The van der Waals surface area contributed by atoms with Gasteiger partial charge in [0.25, 0.3) is 5.91 Å². The van der Waals surface area contributed by atoms with E-state index in [-0.39, 0.29) is 10.8 Å². The van der Waals surface area contributed by atoms with Gasteiger partial charge in [-0.25, -0.2) is 4.39 Å². The van der Waals surface area contributed by atoms with Gasteiger partial charge in [0.05, 0.1) is 12.1 Å². The number of hydrogen-bond donors (Lipinski definition) is 2. The molecule has 2 rings (SSSR count). The molecule has 0 fully saturated rings. The molecule has 0 aliphatic heterocycles. The van der Waals surface area contributed by atoms with Crippen LogP contribution in [0.1, 0.15) is 10.4 Å². The number of carbonyl (C=O) groups is 1. The lowest BCUT2D eigenvalue weighted by Crippen LogP contribution is -2.12. The molecule has 0 saturated heterocycles. The molecule has 1 amide bonds. The van der Waals surface area contributed by atoms with Crippen molar-refractivity contribution in [3.8, 4) is 5.75 Å². The van der Waals surface area contributed by atoms with Crippen molar-refractivity contribution in [2.45, 2.75) is 4.90 Å². The van der Waals surface area contributed by atoms with Gasteiger partial charge in [0.15, 0.2) is 0 Å². The fourth-order valence-corrected chi connectivity index (χ4v) is 2.07. The highest BCUT2D eigenvalue weighted by Gasteiger charge is 2.10. The maximum atomic E-state index is 13.1. The average molecular weight is 312 g/mol. The number of anilines is 1.